The van der Waals surface area contributed by atoms with E-state index in [2.05, 4.69) is 56.5 Å². The zero-order valence-electron chi connectivity index (χ0n) is 17.3. The number of rotatable bonds is 6. The van der Waals surface area contributed by atoms with Crippen LogP contribution in [0.5, 0.6) is 0 Å². The van der Waals surface area contributed by atoms with Crippen LogP contribution >= 0.6 is 22.6 Å². The van der Waals surface area contributed by atoms with Gasteiger partial charge in [0.15, 0.2) is 14.6 Å². The predicted octanol–water partition coefficient (Wildman–Crippen LogP) is 4.69. The first-order valence-electron chi connectivity index (χ1n) is 9.87. The van der Waals surface area contributed by atoms with E-state index in [0.29, 0.717) is 19.6 Å². The molecule has 2 fully saturated rings. The maximum Gasteiger partial charge on any atom is 0.306 e. The van der Waals surface area contributed by atoms with E-state index in [9.17, 15) is 4.79 Å². The molecule has 2 heterocycles. The number of benzene rings is 1. The summed E-state index contributed by atoms with van der Waals surface area (Å²) >= 11 is 2.35. The van der Waals surface area contributed by atoms with Crippen LogP contribution in [0.25, 0.3) is 0 Å². The lowest BCUT2D eigenvalue weighted by Gasteiger charge is -2.43. The Morgan fingerprint density at radius 3 is 2.54 bits per heavy atom. The number of fused-ring (bicyclic) bond motifs is 1. The first-order chi connectivity index (χ1) is 13.1. The van der Waals surface area contributed by atoms with Gasteiger partial charge in [0.2, 0.25) is 0 Å². The van der Waals surface area contributed by atoms with Crippen molar-refractivity contribution in [3.63, 3.8) is 0 Å². The van der Waals surface area contributed by atoms with Crippen LogP contribution < -0.4 is 0 Å². The molecule has 1 aromatic carbocycles. The van der Waals surface area contributed by atoms with Gasteiger partial charge in [0, 0.05) is 0 Å². The summed E-state index contributed by atoms with van der Waals surface area (Å²) in [4.78, 5) is 12.0. The van der Waals surface area contributed by atoms with E-state index < -0.39 is 14.6 Å². The molecule has 5 nitrogen and oxygen atoms in total. The van der Waals surface area contributed by atoms with Crippen molar-refractivity contribution >= 4 is 36.9 Å². The highest BCUT2D eigenvalue weighted by Crippen LogP contribution is 2.41. The summed E-state index contributed by atoms with van der Waals surface area (Å²) in [5.41, 5.74) is 1.08. The monoisotopic (exact) mass is 518 g/mol. The highest BCUT2D eigenvalue weighted by Gasteiger charge is 2.52. The van der Waals surface area contributed by atoms with E-state index in [1.165, 1.54) is 0 Å². The number of hydrogen-bond donors (Lipinski definition) is 0. The first-order valence-corrected chi connectivity index (χ1v) is 14.0. The Kier molecular flexibility index (Phi) is 6.91. The van der Waals surface area contributed by atoms with Crippen molar-refractivity contribution in [1.82, 2.24) is 0 Å². The van der Waals surface area contributed by atoms with Crippen molar-refractivity contribution in [3.8, 4) is 0 Å². The van der Waals surface area contributed by atoms with Gasteiger partial charge >= 0.3 is 5.97 Å². The average Bonchev–Trinajstić information content (AvgIpc) is 3.02. The molecule has 2 aliphatic rings. The van der Waals surface area contributed by atoms with Gasteiger partial charge in [-0.2, -0.15) is 0 Å². The molecule has 0 amide bonds. The van der Waals surface area contributed by atoms with Crippen molar-refractivity contribution in [2.75, 3.05) is 6.61 Å². The molecular formula is C21H31IO5Si. The zero-order valence-corrected chi connectivity index (χ0v) is 20.5. The van der Waals surface area contributed by atoms with Gasteiger partial charge in [-0.3, -0.25) is 4.79 Å². The lowest BCUT2D eigenvalue weighted by atomic mass is 9.93. The Bertz CT molecular complexity index is 675. The molecule has 2 aliphatic heterocycles. The maximum absolute atomic E-state index is 12.0. The van der Waals surface area contributed by atoms with E-state index in [1.807, 2.05) is 30.3 Å². The van der Waals surface area contributed by atoms with Crippen LogP contribution in [0.1, 0.15) is 32.8 Å². The molecule has 0 unspecified atom stereocenters. The Morgan fingerprint density at radius 1 is 1.21 bits per heavy atom. The molecule has 0 aromatic heterocycles. The Labute approximate surface area is 182 Å². The molecular weight excluding hydrogens is 487 g/mol. The topological polar surface area (TPSA) is 54.0 Å². The van der Waals surface area contributed by atoms with Crippen molar-refractivity contribution in [3.05, 3.63) is 35.9 Å². The molecule has 0 spiro atoms. The fraction of sp³-hybridized carbons (Fsp3) is 0.667. The van der Waals surface area contributed by atoms with Gasteiger partial charge in [0.25, 0.3) is 0 Å². The molecule has 0 aliphatic carbocycles. The summed E-state index contributed by atoms with van der Waals surface area (Å²) in [6.07, 6.45) is -0.464. The lowest BCUT2D eigenvalue weighted by Crippen LogP contribution is -2.54. The SMILES string of the molecule is CC(C)(C)[Si](C)(C)OC[C@H]1O[C@H](OCc2ccccc2)[C@@H]2CC(=O)O[C@@H]2[C@H]1I. The highest BCUT2D eigenvalue weighted by atomic mass is 127. The normalized spacial score (nSPS) is 30.8. The minimum Gasteiger partial charge on any atom is -0.461 e. The van der Waals surface area contributed by atoms with Gasteiger partial charge in [0.05, 0.1) is 35.6 Å². The molecule has 28 heavy (non-hydrogen) atoms. The first kappa shape index (κ1) is 22.2. The minimum absolute atomic E-state index is 0.0513. The summed E-state index contributed by atoms with van der Waals surface area (Å²) in [5.74, 6) is -0.234. The second-order valence-electron chi connectivity index (χ2n) is 9.18. The van der Waals surface area contributed by atoms with Crippen molar-refractivity contribution < 1.29 is 23.4 Å². The van der Waals surface area contributed by atoms with Crippen LogP contribution in [0.3, 0.4) is 0 Å². The summed E-state index contributed by atoms with van der Waals surface area (Å²) in [7, 11) is -1.89. The molecule has 156 valence electrons. The van der Waals surface area contributed by atoms with Gasteiger partial charge in [-0.25, -0.2) is 0 Å². The third-order valence-corrected chi connectivity index (χ3v) is 12.1. The molecule has 3 rings (SSSR count). The quantitative estimate of drug-likeness (QED) is 0.237. The lowest BCUT2D eigenvalue weighted by molar-refractivity contribution is -0.241. The van der Waals surface area contributed by atoms with Crippen LogP contribution in [0.15, 0.2) is 30.3 Å². The van der Waals surface area contributed by atoms with Gasteiger partial charge in [-0.15, -0.1) is 0 Å². The minimum atomic E-state index is -1.89. The second kappa shape index (κ2) is 8.71. The standard InChI is InChI=1S/C21H31IO5Si/c1-21(2,3)28(4,5)25-13-16-18(22)19-15(11-17(23)27-19)20(26-16)24-12-14-9-7-6-8-10-14/h6-10,15-16,18-20H,11-13H2,1-5H3/t15-,16-,18+,19+,20+/m1/s1. The van der Waals surface area contributed by atoms with Crippen molar-refractivity contribution in [2.45, 2.75) is 74.4 Å². The second-order valence-corrected chi connectivity index (χ2v) is 15.4. The van der Waals surface area contributed by atoms with Gasteiger partial charge in [-0.05, 0) is 23.7 Å². The molecule has 0 saturated carbocycles. The van der Waals surface area contributed by atoms with Gasteiger partial charge < -0.3 is 18.6 Å². The number of esters is 1. The number of hydrogen-bond acceptors (Lipinski definition) is 5. The van der Waals surface area contributed by atoms with E-state index >= 15 is 0 Å². The number of carbonyl (C=O) groups excluding carboxylic acids is 1. The molecule has 7 heteroatoms. The fourth-order valence-corrected chi connectivity index (χ4v) is 5.33. The molecule has 2 saturated heterocycles. The Balaban J connectivity index is 1.68. The zero-order chi connectivity index (χ0) is 20.5. The number of ether oxygens (including phenoxy) is 3. The summed E-state index contributed by atoms with van der Waals surface area (Å²) in [6, 6.07) is 10.0. The van der Waals surface area contributed by atoms with E-state index in [1.54, 1.807) is 0 Å². The highest BCUT2D eigenvalue weighted by molar-refractivity contribution is 14.1. The third kappa shape index (κ3) is 4.98. The Hall–Kier alpha value is -0.483. The van der Waals surface area contributed by atoms with Crippen molar-refractivity contribution in [2.24, 2.45) is 5.92 Å². The largest absolute Gasteiger partial charge is 0.461 e. The molecule has 5 atom stereocenters. The maximum atomic E-state index is 12.0. The average molecular weight is 518 g/mol. The van der Waals surface area contributed by atoms with Crippen molar-refractivity contribution in [1.29, 1.82) is 0 Å². The molecule has 1 aromatic rings. The smallest absolute Gasteiger partial charge is 0.306 e. The van der Waals surface area contributed by atoms with Crippen LogP contribution in [-0.2, 0) is 30.0 Å². The van der Waals surface area contributed by atoms with Gasteiger partial charge in [-0.1, -0.05) is 73.7 Å². The van der Waals surface area contributed by atoms with Gasteiger partial charge in [0.1, 0.15) is 6.10 Å². The third-order valence-electron chi connectivity index (χ3n) is 6.09. The van der Waals surface area contributed by atoms with Crippen LogP contribution in [0.2, 0.25) is 18.1 Å². The number of carbonyl (C=O) groups is 1. The van der Waals surface area contributed by atoms with E-state index in [0.717, 1.165) is 5.56 Å². The number of alkyl halides is 1. The molecule has 0 N–H and O–H groups in total. The van der Waals surface area contributed by atoms with Crippen LogP contribution in [0.4, 0.5) is 0 Å². The van der Waals surface area contributed by atoms with Crippen LogP contribution in [0, 0.1) is 5.92 Å². The van der Waals surface area contributed by atoms with E-state index in [-0.39, 0.29) is 33.1 Å². The van der Waals surface area contributed by atoms with Crippen LogP contribution in [-0.4, -0.2) is 43.3 Å². The summed E-state index contributed by atoms with van der Waals surface area (Å²) < 4.78 is 24.5. The number of halogens is 1. The predicted molar refractivity (Wildman–Crippen MR) is 119 cm³/mol. The molecule has 0 bridgehead atoms. The molecule has 0 radical (unpaired) electrons. The Morgan fingerprint density at radius 2 is 1.89 bits per heavy atom. The summed E-state index contributed by atoms with van der Waals surface area (Å²) in [5, 5.41) is 0.133. The summed E-state index contributed by atoms with van der Waals surface area (Å²) in [6.45, 7) is 12.1. The van der Waals surface area contributed by atoms with E-state index in [4.69, 9.17) is 18.6 Å². The fourth-order valence-electron chi connectivity index (χ4n) is 3.26.